The van der Waals surface area contributed by atoms with Crippen molar-refractivity contribution in [2.45, 2.75) is 32.3 Å². The first-order valence-corrected chi connectivity index (χ1v) is 9.15. The van der Waals surface area contributed by atoms with Gasteiger partial charge in [0.05, 0.1) is 6.54 Å². The fraction of sp³-hybridized carbons (Fsp3) is 0.588. The summed E-state index contributed by atoms with van der Waals surface area (Å²) in [6, 6.07) is 3.72. The van der Waals surface area contributed by atoms with Crippen LogP contribution in [-0.4, -0.2) is 58.9 Å². The van der Waals surface area contributed by atoms with Gasteiger partial charge in [0.25, 0.3) is 0 Å². The van der Waals surface area contributed by atoms with Crippen LogP contribution in [0.4, 0.5) is 0 Å². The van der Waals surface area contributed by atoms with Crippen molar-refractivity contribution in [2.24, 2.45) is 5.92 Å². The van der Waals surface area contributed by atoms with E-state index in [0.717, 1.165) is 30.3 Å². The predicted molar refractivity (Wildman–Crippen MR) is 92.5 cm³/mol. The van der Waals surface area contributed by atoms with E-state index in [0.29, 0.717) is 25.5 Å². The highest BCUT2D eigenvalue weighted by atomic mass is 79.9. The second-order valence-electron chi connectivity index (χ2n) is 6.41. The molecule has 0 N–H and O–H groups in total. The number of pyridine rings is 1. The molecule has 1 atom stereocenters. The molecule has 0 bridgehead atoms. The Morgan fingerprint density at radius 2 is 1.88 bits per heavy atom. The van der Waals surface area contributed by atoms with E-state index >= 15 is 0 Å². The molecule has 3 rings (SSSR count). The summed E-state index contributed by atoms with van der Waals surface area (Å²) in [5.74, 6) is 0.919. The predicted octanol–water partition coefficient (Wildman–Crippen LogP) is 2.08. The molecule has 6 nitrogen and oxygen atoms in total. The first kappa shape index (κ1) is 17.2. The van der Waals surface area contributed by atoms with E-state index in [1.807, 2.05) is 21.9 Å². The van der Waals surface area contributed by atoms with E-state index in [9.17, 15) is 9.59 Å². The summed E-state index contributed by atoms with van der Waals surface area (Å²) in [4.78, 5) is 32.0. The van der Waals surface area contributed by atoms with Crippen molar-refractivity contribution in [3.63, 3.8) is 0 Å². The third kappa shape index (κ3) is 4.06. The molecule has 2 fully saturated rings. The molecule has 2 aliphatic heterocycles. The molecule has 0 aromatic carbocycles. The molecular weight excluding hydrogens is 374 g/mol. The van der Waals surface area contributed by atoms with Gasteiger partial charge in [0.1, 0.15) is 6.10 Å². The van der Waals surface area contributed by atoms with Gasteiger partial charge in [0.2, 0.25) is 17.7 Å². The van der Waals surface area contributed by atoms with Crippen LogP contribution in [0.5, 0.6) is 5.88 Å². The van der Waals surface area contributed by atoms with Crippen molar-refractivity contribution in [1.82, 2.24) is 14.8 Å². The molecule has 2 amide bonds. The summed E-state index contributed by atoms with van der Waals surface area (Å²) in [7, 11) is 0. The Kier molecular flexibility index (Phi) is 5.38. The summed E-state index contributed by atoms with van der Waals surface area (Å²) in [5.41, 5.74) is 0. The van der Waals surface area contributed by atoms with Gasteiger partial charge in [0.15, 0.2) is 0 Å². The van der Waals surface area contributed by atoms with E-state index in [-0.39, 0.29) is 23.8 Å². The highest BCUT2D eigenvalue weighted by Gasteiger charge is 2.34. The van der Waals surface area contributed by atoms with Crippen molar-refractivity contribution in [3.05, 3.63) is 22.8 Å². The molecule has 1 aromatic rings. The topological polar surface area (TPSA) is 62.7 Å². The number of halogens is 1. The van der Waals surface area contributed by atoms with Crippen molar-refractivity contribution < 1.29 is 14.3 Å². The number of carbonyl (C=O) groups excluding carboxylic acids is 2. The Morgan fingerprint density at radius 1 is 1.17 bits per heavy atom. The van der Waals surface area contributed by atoms with Gasteiger partial charge in [-0.1, -0.05) is 0 Å². The molecule has 1 unspecified atom stereocenters. The van der Waals surface area contributed by atoms with Crippen molar-refractivity contribution in [1.29, 1.82) is 0 Å². The first-order chi connectivity index (χ1) is 11.5. The standard InChI is InChI=1S/C17H22BrN3O3/c1-12(22)20-7-4-13(5-8-20)17(23)21-9-6-15(11-21)24-16-3-2-14(18)10-19-16/h2-3,10,13,15H,4-9,11H2,1H3. The molecule has 2 saturated heterocycles. The van der Waals surface area contributed by atoms with Gasteiger partial charge in [0, 0.05) is 55.6 Å². The van der Waals surface area contributed by atoms with Crippen molar-refractivity contribution in [3.8, 4) is 5.88 Å². The highest BCUT2D eigenvalue weighted by Crippen LogP contribution is 2.24. The molecule has 2 aliphatic rings. The Morgan fingerprint density at radius 3 is 2.50 bits per heavy atom. The van der Waals surface area contributed by atoms with Gasteiger partial charge in [-0.25, -0.2) is 4.98 Å². The molecule has 24 heavy (non-hydrogen) atoms. The fourth-order valence-corrected chi connectivity index (χ4v) is 3.56. The van der Waals surface area contributed by atoms with Gasteiger partial charge in [-0.15, -0.1) is 0 Å². The zero-order chi connectivity index (χ0) is 17.1. The number of hydrogen-bond acceptors (Lipinski definition) is 4. The average Bonchev–Trinajstić information content (AvgIpc) is 3.05. The van der Waals surface area contributed by atoms with Gasteiger partial charge >= 0.3 is 0 Å². The van der Waals surface area contributed by atoms with E-state index < -0.39 is 0 Å². The first-order valence-electron chi connectivity index (χ1n) is 8.35. The number of likely N-dealkylation sites (tertiary alicyclic amines) is 2. The quantitative estimate of drug-likeness (QED) is 0.785. The van der Waals surface area contributed by atoms with E-state index in [1.54, 1.807) is 13.1 Å². The maximum atomic E-state index is 12.7. The number of aromatic nitrogens is 1. The monoisotopic (exact) mass is 395 g/mol. The number of ether oxygens (including phenoxy) is 1. The second kappa shape index (κ2) is 7.51. The fourth-order valence-electron chi connectivity index (χ4n) is 3.33. The molecule has 0 saturated carbocycles. The third-order valence-electron chi connectivity index (χ3n) is 4.73. The van der Waals surface area contributed by atoms with Crippen LogP contribution in [0.15, 0.2) is 22.8 Å². The molecule has 130 valence electrons. The minimum absolute atomic E-state index is 0.0000610. The lowest BCUT2D eigenvalue weighted by molar-refractivity contribution is -0.139. The normalized spacial score (nSPS) is 21.8. The number of amides is 2. The van der Waals surface area contributed by atoms with Gasteiger partial charge in [-0.3, -0.25) is 9.59 Å². The minimum atomic E-state index is -0.0000610. The smallest absolute Gasteiger partial charge is 0.225 e. The third-order valence-corrected chi connectivity index (χ3v) is 5.20. The van der Waals surface area contributed by atoms with Crippen LogP contribution in [0.1, 0.15) is 26.2 Å². The lowest BCUT2D eigenvalue weighted by Gasteiger charge is -2.32. The SMILES string of the molecule is CC(=O)N1CCC(C(=O)N2CCC(Oc3ccc(Br)cn3)C2)CC1. The molecule has 7 heteroatoms. The molecular formula is C17H22BrN3O3. The summed E-state index contributed by atoms with van der Waals surface area (Å²) in [6.07, 6.45) is 4.05. The molecule has 0 spiro atoms. The number of carbonyl (C=O) groups is 2. The summed E-state index contributed by atoms with van der Waals surface area (Å²) in [6.45, 7) is 4.29. The van der Waals surface area contributed by atoms with Crippen LogP contribution >= 0.6 is 15.9 Å². The molecule has 0 aliphatic carbocycles. The Balaban J connectivity index is 1.49. The van der Waals surface area contributed by atoms with E-state index in [4.69, 9.17) is 4.74 Å². The number of piperidine rings is 1. The van der Waals surface area contributed by atoms with E-state index in [1.165, 1.54) is 0 Å². The molecule has 3 heterocycles. The van der Waals surface area contributed by atoms with Crippen LogP contribution in [-0.2, 0) is 9.59 Å². The van der Waals surface area contributed by atoms with Crippen LogP contribution < -0.4 is 4.74 Å². The van der Waals surface area contributed by atoms with Crippen LogP contribution in [0, 0.1) is 5.92 Å². The minimum Gasteiger partial charge on any atom is -0.472 e. The van der Waals surface area contributed by atoms with Crippen LogP contribution in [0.2, 0.25) is 0 Å². The van der Waals surface area contributed by atoms with Crippen molar-refractivity contribution >= 4 is 27.7 Å². The van der Waals surface area contributed by atoms with E-state index in [2.05, 4.69) is 20.9 Å². The summed E-state index contributed by atoms with van der Waals surface area (Å²) < 4.78 is 6.78. The zero-order valence-corrected chi connectivity index (χ0v) is 15.4. The Bertz CT molecular complexity index is 600. The summed E-state index contributed by atoms with van der Waals surface area (Å²) in [5, 5.41) is 0. The summed E-state index contributed by atoms with van der Waals surface area (Å²) >= 11 is 3.35. The number of nitrogens with zero attached hydrogens (tertiary/aromatic N) is 3. The van der Waals surface area contributed by atoms with Gasteiger partial charge in [-0.05, 0) is 34.8 Å². The molecule has 0 radical (unpaired) electrons. The number of hydrogen-bond donors (Lipinski definition) is 0. The van der Waals surface area contributed by atoms with Crippen LogP contribution in [0.25, 0.3) is 0 Å². The second-order valence-corrected chi connectivity index (χ2v) is 7.32. The molecule has 1 aromatic heterocycles. The average molecular weight is 396 g/mol. The maximum absolute atomic E-state index is 12.7. The lowest BCUT2D eigenvalue weighted by atomic mass is 9.95. The van der Waals surface area contributed by atoms with Crippen molar-refractivity contribution in [2.75, 3.05) is 26.2 Å². The Hall–Kier alpha value is -1.63. The lowest BCUT2D eigenvalue weighted by Crippen LogP contribution is -2.43. The van der Waals surface area contributed by atoms with Crippen LogP contribution in [0.3, 0.4) is 0 Å². The highest BCUT2D eigenvalue weighted by molar-refractivity contribution is 9.10. The maximum Gasteiger partial charge on any atom is 0.225 e. The zero-order valence-electron chi connectivity index (χ0n) is 13.8. The van der Waals surface area contributed by atoms with Gasteiger partial charge < -0.3 is 14.5 Å². The van der Waals surface area contributed by atoms with Gasteiger partial charge in [-0.2, -0.15) is 0 Å². The number of rotatable bonds is 3. The Labute approximate surface area is 150 Å². The largest absolute Gasteiger partial charge is 0.472 e.